The van der Waals surface area contributed by atoms with Crippen LogP contribution in [0.5, 0.6) is 0 Å². The van der Waals surface area contributed by atoms with Crippen LogP contribution in [0.4, 0.5) is 0 Å². The number of hydrogen-bond donors (Lipinski definition) is 2. The zero-order valence-corrected chi connectivity index (χ0v) is 14.2. The van der Waals surface area contributed by atoms with Gasteiger partial charge in [0.2, 0.25) is 5.82 Å². The van der Waals surface area contributed by atoms with Crippen LogP contribution in [0.25, 0.3) is 17.1 Å². The average Bonchev–Trinajstić information content (AvgIpc) is 3.08. The number of carbonyl (C=O) groups excluding carboxylic acids is 1. The third-order valence-corrected chi connectivity index (χ3v) is 3.75. The van der Waals surface area contributed by atoms with E-state index in [1.54, 1.807) is 4.68 Å². The molecule has 0 fully saturated rings. The molecule has 7 nitrogen and oxygen atoms in total. The van der Waals surface area contributed by atoms with E-state index in [0.717, 1.165) is 16.8 Å². The van der Waals surface area contributed by atoms with Crippen LogP contribution in [0, 0.1) is 6.92 Å². The van der Waals surface area contributed by atoms with Crippen molar-refractivity contribution in [2.75, 3.05) is 6.54 Å². The van der Waals surface area contributed by atoms with Crippen LogP contribution in [0.3, 0.4) is 0 Å². The largest absolute Gasteiger partial charge is 0.481 e. The maximum atomic E-state index is 12.3. The second-order valence-electron chi connectivity index (χ2n) is 5.77. The van der Waals surface area contributed by atoms with Crippen LogP contribution in [0.2, 0.25) is 0 Å². The molecule has 0 radical (unpaired) electrons. The lowest BCUT2D eigenvalue weighted by Gasteiger charge is -2.06. The van der Waals surface area contributed by atoms with Gasteiger partial charge < -0.3 is 10.4 Å². The number of rotatable bonds is 6. The highest BCUT2D eigenvalue weighted by Crippen LogP contribution is 2.21. The van der Waals surface area contributed by atoms with Crippen LogP contribution in [-0.4, -0.2) is 38.3 Å². The first-order chi connectivity index (χ1) is 12.5. The van der Waals surface area contributed by atoms with Crippen molar-refractivity contribution in [2.45, 2.75) is 13.3 Å². The number of hydrogen-bond acceptors (Lipinski definition) is 4. The molecule has 26 heavy (non-hydrogen) atoms. The molecule has 0 saturated heterocycles. The third kappa shape index (κ3) is 3.94. The van der Waals surface area contributed by atoms with E-state index in [4.69, 9.17) is 5.11 Å². The predicted octanol–water partition coefficient (Wildman–Crippen LogP) is 2.45. The lowest BCUT2D eigenvalue weighted by atomic mass is 10.2. The van der Waals surface area contributed by atoms with Crippen LogP contribution in [0.15, 0.2) is 54.6 Å². The molecular formula is C19H18N4O3. The molecule has 3 aromatic rings. The number of carboxylic acid groups (broad SMARTS) is 1. The van der Waals surface area contributed by atoms with E-state index in [1.807, 2.05) is 61.5 Å². The molecule has 3 rings (SSSR count). The Morgan fingerprint density at radius 1 is 1.08 bits per heavy atom. The van der Waals surface area contributed by atoms with Gasteiger partial charge in [-0.25, -0.2) is 9.67 Å². The highest BCUT2D eigenvalue weighted by Gasteiger charge is 2.18. The Labute approximate surface area is 150 Å². The minimum absolute atomic E-state index is 0.00480. The maximum Gasteiger partial charge on any atom is 0.305 e. The molecule has 0 spiro atoms. The summed E-state index contributed by atoms with van der Waals surface area (Å²) in [5.74, 6) is -0.949. The first kappa shape index (κ1) is 17.3. The fraction of sp³-hybridized carbons (Fsp3) is 0.158. The van der Waals surface area contributed by atoms with Crippen LogP contribution < -0.4 is 5.32 Å². The quantitative estimate of drug-likeness (QED) is 0.712. The topological polar surface area (TPSA) is 97.1 Å². The number of aliphatic carboxylic acids is 1. The molecule has 1 amide bonds. The van der Waals surface area contributed by atoms with Crippen LogP contribution >= 0.6 is 0 Å². The smallest absolute Gasteiger partial charge is 0.305 e. The number of aryl methyl sites for hydroxylation is 1. The molecule has 0 atom stereocenters. The Morgan fingerprint density at radius 3 is 2.42 bits per heavy atom. The monoisotopic (exact) mass is 350 g/mol. The van der Waals surface area contributed by atoms with Crippen molar-refractivity contribution in [3.05, 3.63) is 66.0 Å². The zero-order chi connectivity index (χ0) is 18.5. The normalized spacial score (nSPS) is 10.5. The summed E-state index contributed by atoms with van der Waals surface area (Å²) >= 11 is 0. The number of nitrogens with one attached hydrogen (secondary N) is 1. The summed E-state index contributed by atoms with van der Waals surface area (Å²) in [5.41, 5.74) is 2.72. The molecule has 0 aliphatic rings. The minimum atomic E-state index is -0.978. The molecule has 0 aliphatic heterocycles. The fourth-order valence-electron chi connectivity index (χ4n) is 2.41. The van der Waals surface area contributed by atoms with Gasteiger partial charge in [0.1, 0.15) is 0 Å². The lowest BCUT2D eigenvalue weighted by Crippen LogP contribution is -2.27. The highest BCUT2D eigenvalue weighted by molar-refractivity contribution is 5.91. The van der Waals surface area contributed by atoms with Crippen molar-refractivity contribution in [3.63, 3.8) is 0 Å². The molecule has 132 valence electrons. The molecule has 2 aromatic carbocycles. The van der Waals surface area contributed by atoms with Gasteiger partial charge >= 0.3 is 5.97 Å². The van der Waals surface area contributed by atoms with Crippen LogP contribution in [0.1, 0.15) is 22.6 Å². The van der Waals surface area contributed by atoms with Crippen molar-refractivity contribution < 1.29 is 14.7 Å². The van der Waals surface area contributed by atoms with Gasteiger partial charge in [0.15, 0.2) is 5.82 Å². The summed E-state index contributed by atoms with van der Waals surface area (Å²) in [7, 11) is 0. The standard InChI is InChI=1S/C19H18N4O3/c1-13-7-9-15(10-8-13)23-18(14-5-3-2-4-6-14)21-17(22-23)19(26)20-12-11-16(24)25/h2-10H,11-12H2,1H3,(H,20,26)(H,24,25). The summed E-state index contributed by atoms with van der Waals surface area (Å²) < 4.78 is 1.61. The Balaban J connectivity index is 1.96. The minimum Gasteiger partial charge on any atom is -0.481 e. The van der Waals surface area contributed by atoms with Crippen molar-refractivity contribution in [3.8, 4) is 17.1 Å². The van der Waals surface area contributed by atoms with Gasteiger partial charge in [0, 0.05) is 12.1 Å². The molecular weight excluding hydrogens is 332 g/mol. The molecule has 7 heteroatoms. The molecule has 1 heterocycles. The molecule has 0 unspecified atom stereocenters. The Morgan fingerprint density at radius 2 is 1.77 bits per heavy atom. The number of carbonyl (C=O) groups is 2. The summed E-state index contributed by atoms with van der Waals surface area (Å²) in [5, 5.41) is 15.5. The summed E-state index contributed by atoms with van der Waals surface area (Å²) in [6.45, 7) is 2.01. The zero-order valence-electron chi connectivity index (χ0n) is 14.2. The summed E-state index contributed by atoms with van der Waals surface area (Å²) in [4.78, 5) is 27.2. The number of nitrogens with zero attached hydrogens (tertiary/aromatic N) is 3. The third-order valence-electron chi connectivity index (χ3n) is 3.75. The average molecular weight is 350 g/mol. The van der Waals surface area contributed by atoms with Crippen molar-refractivity contribution >= 4 is 11.9 Å². The number of aromatic nitrogens is 3. The van der Waals surface area contributed by atoms with E-state index in [0.29, 0.717) is 5.82 Å². The first-order valence-corrected chi connectivity index (χ1v) is 8.14. The lowest BCUT2D eigenvalue weighted by molar-refractivity contribution is -0.136. The molecule has 1 aromatic heterocycles. The second kappa shape index (κ2) is 7.60. The van der Waals surface area contributed by atoms with E-state index in [9.17, 15) is 9.59 Å². The van der Waals surface area contributed by atoms with Gasteiger partial charge in [0.25, 0.3) is 5.91 Å². The van der Waals surface area contributed by atoms with E-state index in [-0.39, 0.29) is 18.8 Å². The Bertz CT molecular complexity index is 918. The number of amides is 1. The SMILES string of the molecule is Cc1ccc(-n2nc(C(=O)NCCC(=O)O)nc2-c2ccccc2)cc1. The molecule has 0 aliphatic carbocycles. The Kier molecular flexibility index (Phi) is 5.07. The predicted molar refractivity (Wildman–Crippen MR) is 96.1 cm³/mol. The van der Waals surface area contributed by atoms with Crippen molar-refractivity contribution in [1.82, 2.24) is 20.1 Å². The van der Waals surface area contributed by atoms with E-state index in [2.05, 4.69) is 15.4 Å². The second-order valence-corrected chi connectivity index (χ2v) is 5.77. The van der Waals surface area contributed by atoms with Gasteiger partial charge in [-0.3, -0.25) is 9.59 Å². The van der Waals surface area contributed by atoms with Crippen molar-refractivity contribution in [2.24, 2.45) is 0 Å². The molecule has 0 bridgehead atoms. The fourth-order valence-corrected chi connectivity index (χ4v) is 2.41. The van der Waals surface area contributed by atoms with Gasteiger partial charge in [-0.1, -0.05) is 48.0 Å². The first-order valence-electron chi connectivity index (χ1n) is 8.14. The molecule has 2 N–H and O–H groups in total. The van der Waals surface area contributed by atoms with Crippen LogP contribution in [-0.2, 0) is 4.79 Å². The van der Waals surface area contributed by atoms with E-state index in [1.165, 1.54) is 0 Å². The Hall–Kier alpha value is -3.48. The van der Waals surface area contributed by atoms with E-state index < -0.39 is 11.9 Å². The highest BCUT2D eigenvalue weighted by atomic mass is 16.4. The number of carboxylic acids is 1. The van der Waals surface area contributed by atoms with Gasteiger partial charge in [-0.2, -0.15) is 0 Å². The van der Waals surface area contributed by atoms with Gasteiger partial charge in [-0.15, -0.1) is 5.10 Å². The maximum absolute atomic E-state index is 12.3. The molecule has 0 saturated carbocycles. The van der Waals surface area contributed by atoms with Gasteiger partial charge in [-0.05, 0) is 19.1 Å². The summed E-state index contributed by atoms with van der Waals surface area (Å²) in [6, 6.07) is 17.2. The van der Waals surface area contributed by atoms with Crippen molar-refractivity contribution in [1.29, 1.82) is 0 Å². The number of benzene rings is 2. The van der Waals surface area contributed by atoms with Gasteiger partial charge in [0.05, 0.1) is 12.1 Å². The summed E-state index contributed by atoms with van der Waals surface area (Å²) in [6.07, 6.45) is -0.157. The van der Waals surface area contributed by atoms with E-state index >= 15 is 0 Å².